The van der Waals surface area contributed by atoms with Crippen LogP contribution < -0.4 is 15.8 Å². The predicted molar refractivity (Wildman–Crippen MR) is 110 cm³/mol. The van der Waals surface area contributed by atoms with Crippen LogP contribution in [-0.2, 0) is 11.2 Å². The fraction of sp³-hybridized carbons (Fsp3) is 0.0870. The second-order valence-corrected chi connectivity index (χ2v) is 6.14. The van der Waals surface area contributed by atoms with Crippen molar-refractivity contribution in [1.82, 2.24) is 5.32 Å². The van der Waals surface area contributed by atoms with E-state index in [0.29, 0.717) is 11.4 Å². The second-order valence-electron chi connectivity index (χ2n) is 6.14. The van der Waals surface area contributed by atoms with Crippen molar-refractivity contribution in [2.75, 3.05) is 12.8 Å². The highest BCUT2D eigenvalue weighted by molar-refractivity contribution is 5.80. The Morgan fingerprint density at radius 3 is 2.41 bits per heavy atom. The highest BCUT2D eigenvalue weighted by atomic mass is 16.5. The number of nitrogens with one attached hydrogen (secondary N) is 1. The lowest BCUT2D eigenvalue weighted by Gasteiger charge is -2.07. The van der Waals surface area contributed by atoms with Crippen molar-refractivity contribution in [3.05, 3.63) is 90.1 Å². The van der Waals surface area contributed by atoms with Crippen LogP contribution in [0.1, 0.15) is 11.1 Å². The maximum Gasteiger partial charge on any atom is 0.228 e. The SMILES string of the molecule is COc1cc(CC(=O)N/C=C/c2ccc(-c3ccccc3)cc2)ccc1N. The molecule has 0 unspecified atom stereocenters. The van der Waals surface area contributed by atoms with E-state index in [2.05, 4.69) is 29.6 Å². The van der Waals surface area contributed by atoms with Gasteiger partial charge in [0.2, 0.25) is 5.91 Å². The Morgan fingerprint density at radius 2 is 1.70 bits per heavy atom. The molecule has 0 aliphatic rings. The molecule has 0 aliphatic carbocycles. The zero-order valence-corrected chi connectivity index (χ0v) is 15.2. The lowest BCUT2D eigenvalue weighted by molar-refractivity contribution is -0.119. The Labute approximate surface area is 159 Å². The maximum atomic E-state index is 12.1. The third-order valence-corrected chi connectivity index (χ3v) is 4.20. The average Bonchev–Trinajstić information content (AvgIpc) is 2.70. The van der Waals surface area contributed by atoms with E-state index >= 15 is 0 Å². The van der Waals surface area contributed by atoms with Gasteiger partial charge in [-0.2, -0.15) is 0 Å². The minimum atomic E-state index is -0.0982. The summed E-state index contributed by atoms with van der Waals surface area (Å²) in [6, 6.07) is 23.7. The van der Waals surface area contributed by atoms with Gasteiger partial charge in [-0.15, -0.1) is 0 Å². The Bertz CT molecular complexity index is 932. The van der Waals surface area contributed by atoms with E-state index in [1.54, 1.807) is 25.4 Å². The summed E-state index contributed by atoms with van der Waals surface area (Å²) in [5, 5.41) is 2.79. The molecule has 0 saturated heterocycles. The van der Waals surface area contributed by atoms with Crippen molar-refractivity contribution in [3.63, 3.8) is 0 Å². The number of benzene rings is 3. The van der Waals surface area contributed by atoms with Crippen LogP contribution >= 0.6 is 0 Å². The summed E-state index contributed by atoms with van der Waals surface area (Å²) in [6.07, 6.45) is 3.79. The lowest BCUT2D eigenvalue weighted by Crippen LogP contribution is -2.19. The van der Waals surface area contributed by atoms with Gasteiger partial charge in [-0.3, -0.25) is 4.79 Å². The first-order valence-electron chi connectivity index (χ1n) is 8.69. The number of nitrogen functional groups attached to an aromatic ring is 1. The first kappa shape index (κ1) is 18.3. The van der Waals surface area contributed by atoms with Gasteiger partial charge in [0.25, 0.3) is 0 Å². The summed E-state index contributed by atoms with van der Waals surface area (Å²) >= 11 is 0. The topological polar surface area (TPSA) is 64.3 Å². The van der Waals surface area contributed by atoms with E-state index < -0.39 is 0 Å². The van der Waals surface area contributed by atoms with Crippen LogP contribution in [0, 0.1) is 0 Å². The summed E-state index contributed by atoms with van der Waals surface area (Å²) in [7, 11) is 1.56. The van der Waals surface area contributed by atoms with Crippen LogP contribution in [0.25, 0.3) is 17.2 Å². The van der Waals surface area contributed by atoms with E-state index in [0.717, 1.165) is 16.7 Å². The molecule has 0 bridgehead atoms. The van der Waals surface area contributed by atoms with Crippen molar-refractivity contribution in [2.24, 2.45) is 0 Å². The smallest absolute Gasteiger partial charge is 0.228 e. The molecule has 0 heterocycles. The Morgan fingerprint density at radius 1 is 1.00 bits per heavy atom. The quantitative estimate of drug-likeness (QED) is 0.647. The van der Waals surface area contributed by atoms with Gasteiger partial charge in [0.1, 0.15) is 5.75 Å². The average molecular weight is 358 g/mol. The van der Waals surface area contributed by atoms with E-state index in [4.69, 9.17) is 10.5 Å². The number of hydrogen-bond acceptors (Lipinski definition) is 3. The molecule has 136 valence electrons. The van der Waals surface area contributed by atoms with Crippen LogP contribution in [0.4, 0.5) is 5.69 Å². The minimum absolute atomic E-state index is 0.0982. The number of ether oxygens (including phenoxy) is 1. The molecule has 4 nitrogen and oxygen atoms in total. The molecule has 3 N–H and O–H groups in total. The van der Waals surface area contributed by atoms with Gasteiger partial charge < -0.3 is 15.8 Å². The number of rotatable bonds is 6. The van der Waals surface area contributed by atoms with Crippen molar-refractivity contribution >= 4 is 17.7 Å². The third-order valence-electron chi connectivity index (χ3n) is 4.20. The van der Waals surface area contributed by atoms with Gasteiger partial charge >= 0.3 is 0 Å². The van der Waals surface area contributed by atoms with Gasteiger partial charge in [-0.1, -0.05) is 60.7 Å². The van der Waals surface area contributed by atoms with Gasteiger partial charge in [0.15, 0.2) is 0 Å². The number of nitrogens with two attached hydrogens (primary N) is 1. The van der Waals surface area contributed by atoms with Crippen LogP contribution in [0.3, 0.4) is 0 Å². The minimum Gasteiger partial charge on any atom is -0.495 e. The monoisotopic (exact) mass is 358 g/mol. The molecule has 0 atom stereocenters. The number of carbonyl (C=O) groups excluding carboxylic acids is 1. The van der Waals surface area contributed by atoms with E-state index in [1.807, 2.05) is 42.5 Å². The first-order valence-corrected chi connectivity index (χ1v) is 8.69. The lowest BCUT2D eigenvalue weighted by atomic mass is 10.0. The highest BCUT2D eigenvalue weighted by Crippen LogP contribution is 2.22. The summed E-state index contributed by atoms with van der Waals surface area (Å²) in [5.41, 5.74) is 10.5. The molecule has 0 saturated carbocycles. The Hall–Kier alpha value is -3.53. The summed E-state index contributed by atoms with van der Waals surface area (Å²) < 4.78 is 5.18. The van der Waals surface area contributed by atoms with E-state index in [1.165, 1.54) is 5.56 Å². The van der Waals surface area contributed by atoms with Gasteiger partial charge in [-0.25, -0.2) is 0 Å². The standard InChI is InChI=1S/C23H22N2O2/c1-27-22-15-18(9-12-21(22)24)16-23(26)25-14-13-17-7-10-20(11-8-17)19-5-3-2-4-6-19/h2-15H,16,24H2,1H3,(H,25,26)/b14-13+. The Kier molecular flexibility index (Phi) is 5.90. The maximum absolute atomic E-state index is 12.1. The van der Waals surface area contributed by atoms with Gasteiger partial charge in [0, 0.05) is 6.20 Å². The molecule has 0 aromatic heterocycles. The number of hydrogen-bond donors (Lipinski definition) is 2. The van der Waals surface area contributed by atoms with Gasteiger partial charge in [-0.05, 0) is 40.5 Å². The van der Waals surface area contributed by atoms with Crippen LogP contribution in [0.15, 0.2) is 79.0 Å². The predicted octanol–water partition coefficient (Wildman–Crippen LogP) is 4.27. The molecule has 4 heteroatoms. The molecule has 27 heavy (non-hydrogen) atoms. The van der Waals surface area contributed by atoms with Crippen molar-refractivity contribution in [2.45, 2.75) is 6.42 Å². The van der Waals surface area contributed by atoms with Gasteiger partial charge in [0.05, 0.1) is 19.2 Å². The van der Waals surface area contributed by atoms with E-state index in [9.17, 15) is 4.79 Å². The van der Waals surface area contributed by atoms with Crippen molar-refractivity contribution < 1.29 is 9.53 Å². The summed E-state index contributed by atoms with van der Waals surface area (Å²) in [4.78, 5) is 12.1. The van der Waals surface area contributed by atoms with Crippen LogP contribution in [0.5, 0.6) is 5.75 Å². The first-order chi connectivity index (χ1) is 13.2. The zero-order valence-electron chi connectivity index (χ0n) is 15.2. The number of amides is 1. The molecule has 0 fully saturated rings. The molecule has 0 radical (unpaired) electrons. The van der Waals surface area contributed by atoms with E-state index in [-0.39, 0.29) is 12.3 Å². The van der Waals surface area contributed by atoms with Crippen molar-refractivity contribution in [3.8, 4) is 16.9 Å². The highest BCUT2D eigenvalue weighted by Gasteiger charge is 2.05. The normalized spacial score (nSPS) is 10.7. The fourth-order valence-electron chi connectivity index (χ4n) is 2.75. The molecular formula is C23H22N2O2. The summed E-state index contributed by atoms with van der Waals surface area (Å²) in [5.74, 6) is 0.480. The third kappa shape index (κ3) is 4.98. The molecular weight excluding hydrogens is 336 g/mol. The molecule has 0 aliphatic heterocycles. The largest absolute Gasteiger partial charge is 0.495 e. The Balaban J connectivity index is 1.56. The molecule has 3 aromatic carbocycles. The van der Waals surface area contributed by atoms with Crippen molar-refractivity contribution in [1.29, 1.82) is 0 Å². The number of anilines is 1. The molecule has 3 aromatic rings. The number of methoxy groups -OCH3 is 1. The number of carbonyl (C=O) groups is 1. The summed E-state index contributed by atoms with van der Waals surface area (Å²) in [6.45, 7) is 0. The second kappa shape index (κ2) is 8.72. The zero-order chi connectivity index (χ0) is 19.1. The van der Waals surface area contributed by atoms with Crippen LogP contribution in [0.2, 0.25) is 0 Å². The molecule has 0 spiro atoms. The van der Waals surface area contributed by atoms with Crippen LogP contribution in [-0.4, -0.2) is 13.0 Å². The fourth-order valence-corrected chi connectivity index (χ4v) is 2.75. The molecule has 1 amide bonds. The molecule has 3 rings (SSSR count).